The van der Waals surface area contributed by atoms with Crippen molar-refractivity contribution in [2.75, 3.05) is 0 Å². The molecule has 2 aliphatic carbocycles. The van der Waals surface area contributed by atoms with Gasteiger partial charge in [0.2, 0.25) is 0 Å². The summed E-state index contributed by atoms with van der Waals surface area (Å²) in [6.07, 6.45) is 6.92. The van der Waals surface area contributed by atoms with Crippen molar-refractivity contribution in [1.29, 1.82) is 0 Å². The van der Waals surface area contributed by atoms with Crippen molar-refractivity contribution in [3.8, 4) is 0 Å². The molecule has 0 spiro atoms. The van der Waals surface area contributed by atoms with Gasteiger partial charge < -0.3 is 5.32 Å². The first-order valence-electron chi connectivity index (χ1n) is 8.04. The van der Waals surface area contributed by atoms with E-state index < -0.39 is 0 Å². The SMILES string of the molecule is CC1CCC(NCc2ccc(C3CC3)cc2)C(C)C1. The second-order valence-corrected chi connectivity index (χ2v) is 6.90. The van der Waals surface area contributed by atoms with Crippen molar-refractivity contribution in [3.63, 3.8) is 0 Å². The predicted molar refractivity (Wildman–Crippen MR) is 81.2 cm³/mol. The van der Waals surface area contributed by atoms with Crippen molar-refractivity contribution in [3.05, 3.63) is 35.4 Å². The quantitative estimate of drug-likeness (QED) is 0.838. The average Bonchev–Trinajstić information content (AvgIpc) is 3.23. The first kappa shape index (κ1) is 13.2. The topological polar surface area (TPSA) is 12.0 Å². The monoisotopic (exact) mass is 257 g/mol. The summed E-state index contributed by atoms with van der Waals surface area (Å²) in [6.45, 7) is 5.83. The number of rotatable bonds is 4. The Balaban J connectivity index is 1.51. The van der Waals surface area contributed by atoms with Gasteiger partial charge in [-0.3, -0.25) is 0 Å². The summed E-state index contributed by atoms with van der Waals surface area (Å²) in [6, 6.07) is 10.0. The second kappa shape index (κ2) is 5.66. The van der Waals surface area contributed by atoms with Gasteiger partial charge in [0.15, 0.2) is 0 Å². The molecule has 3 unspecified atom stereocenters. The Morgan fingerprint density at radius 1 is 1.00 bits per heavy atom. The Kier molecular flexibility index (Phi) is 3.93. The van der Waals surface area contributed by atoms with Crippen LogP contribution >= 0.6 is 0 Å². The number of hydrogen-bond acceptors (Lipinski definition) is 1. The van der Waals surface area contributed by atoms with E-state index in [1.54, 1.807) is 5.56 Å². The van der Waals surface area contributed by atoms with Crippen molar-refractivity contribution in [2.24, 2.45) is 11.8 Å². The Morgan fingerprint density at radius 2 is 1.74 bits per heavy atom. The lowest BCUT2D eigenvalue weighted by Crippen LogP contribution is -2.38. The standard InChI is InChI=1S/C18H27N/c1-13-3-10-18(14(2)11-13)19-12-15-4-6-16(7-5-15)17-8-9-17/h4-7,13-14,17-19H,3,8-12H2,1-2H3. The van der Waals surface area contributed by atoms with E-state index in [4.69, 9.17) is 0 Å². The van der Waals surface area contributed by atoms with Crippen LogP contribution in [0.1, 0.15) is 63.0 Å². The molecule has 1 heteroatoms. The van der Waals surface area contributed by atoms with Crippen LogP contribution in [0.15, 0.2) is 24.3 Å². The van der Waals surface area contributed by atoms with Crippen LogP contribution < -0.4 is 5.32 Å². The molecule has 2 fully saturated rings. The summed E-state index contributed by atoms with van der Waals surface area (Å²) in [5, 5.41) is 3.77. The first-order chi connectivity index (χ1) is 9.22. The molecule has 0 amide bonds. The Bertz CT molecular complexity index is 404. The van der Waals surface area contributed by atoms with Gasteiger partial charge in [0.05, 0.1) is 0 Å². The van der Waals surface area contributed by atoms with Gasteiger partial charge in [0.1, 0.15) is 0 Å². The van der Waals surface area contributed by atoms with Crippen molar-refractivity contribution >= 4 is 0 Å². The summed E-state index contributed by atoms with van der Waals surface area (Å²) in [5.41, 5.74) is 2.99. The molecule has 2 saturated carbocycles. The van der Waals surface area contributed by atoms with Gasteiger partial charge in [0.25, 0.3) is 0 Å². The van der Waals surface area contributed by atoms with Gasteiger partial charge in [-0.25, -0.2) is 0 Å². The van der Waals surface area contributed by atoms with Crippen LogP contribution in [0.25, 0.3) is 0 Å². The summed E-state index contributed by atoms with van der Waals surface area (Å²) >= 11 is 0. The molecule has 1 N–H and O–H groups in total. The minimum Gasteiger partial charge on any atom is -0.310 e. The van der Waals surface area contributed by atoms with Gasteiger partial charge >= 0.3 is 0 Å². The molecule has 0 bridgehead atoms. The number of hydrogen-bond donors (Lipinski definition) is 1. The normalized spacial score (nSPS) is 31.4. The molecule has 2 aliphatic rings. The minimum absolute atomic E-state index is 0.722. The Morgan fingerprint density at radius 3 is 2.37 bits per heavy atom. The van der Waals surface area contributed by atoms with Crippen LogP contribution in [-0.2, 0) is 6.54 Å². The minimum atomic E-state index is 0.722. The highest BCUT2D eigenvalue weighted by atomic mass is 14.9. The molecule has 1 aromatic rings. The van der Waals surface area contributed by atoms with Crippen LogP contribution in [0.3, 0.4) is 0 Å². The van der Waals surface area contributed by atoms with Crippen LogP contribution in [0.5, 0.6) is 0 Å². The molecule has 0 heterocycles. The van der Waals surface area contributed by atoms with Gasteiger partial charge in [-0.05, 0) is 61.0 Å². The third-order valence-electron chi connectivity index (χ3n) is 5.03. The second-order valence-electron chi connectivity index (χ2n) is 6.90. The molecule has 3 rings (SSSR count). The fourth-order valence-electron chi connectivity index (χ4n) is 3.54. The fourth-order valence-corrected chi connectivity index (χ4v) is 3.54. The van der Waals surface area contributed by atoms with Crippen LogP contribution in [0, 0.1) is 11.8 Å². The highest BCUT2D eigenvalue weighted by Crippen LogP contribution is 2.39. The molecule has 3 atom stereocenters. The van der Waals surface area contributed by atoms with E-state index in [9.17, 15) is 0 Å². The lowest BCUT2D eigenvalue weighted by molar-refractivity contribution is 0.227. The molecule has 1 aromatic carbocycles. The molecule has 104 valence electrons. The van der Waals surface area contributed by atoms with E-state index in [1.165, 1.54) is 37.7 Å². The molecule has 0 radical (unpaired) electrons. The maximum Gasteiger partial charge on any atom is 0.0208 e. The van der Waals surface area contributed by atoms with E-state index >= 15 is 0 Å². The lowest BCUT2D eigenvalue weighted by atomic mass is 9.80. The summed E-state index contributed by atoms with van der Waals surface area (Å²) in [7, 11) is 0. The zero-order valence-electron chi connectivity index (χ0n) is 12.4. The molecule has 0 aliphatic heterocycles. The van der Waals surface area contributed by atoms with Crippen LogP contribution in [0.2, 0.25) is 0 Å². The number of benzene rings is 1. The summed E-state index contributed by atoms with van der Waals surface area (Å²) < 4.78 is 0. The highest BCUT2D eigenvalue weighted by molar-refractivity contribution is 5.28. The third-order valence-corrected chi connectivity index (χ3v) is 5.03. The summed E-state index contributed by atoms with van der Waals surface area (Å²) in [4.78, 5) is 0. The van der Waals surface area contributed by atoms with Crippen molar-refractivity contribution in [1.82, 2.24) is 5.32 Å². The first-order valence-corrected chi connectivity index (χ1v) is 8.04. The fraction of sp³-hybridized carbons (Fsp3) is 0.667. The largest absolute Gasteiger partial charge is 0.310 e. The van der Waals surface area contributed by atoms with Crippen molar-refractivity contribution < 1.29 is 0 Å². The Hall–Kier alpha value is -0.820. The van der Waals surface area contributed by atoms with Gasteiger partial charge in [-0.1, -0.05) is 38.1 Å². The van der Waals surface area contributed by atoms with E-state index in [2.05, 4.69) is 43.4 Å². The zero-order chi connectivity index (χ0) is 13.2. The van der Waals surface area contributed by atoms with Gasteiger partial charge in [-0.15, -0.1) is 0 Å². The number of nitrogens with one attached hydrogen (secondary N) is 1. The van der Waals surface area contributed by atoms with E-state index in [0.29, 0.717) is 0 Å². The van der Waals surface area contributed by atoms with E-state index in [-0.39, 0.29) is 0 Å². The van der Waals surface area contributed by atoms with Crippen LogP contribution in [0.4, 0.5) is 0 Å². The van der Waals surface area contributed by atoms with Gasteiger partial charge in [0, 0.05) is 12.6 Å². The molecule has 1 nitrogen and oxygen atoms in total. The average molecular weight is 257 g/mol. The third kappa shape index (κ3) is 3.39. The van der Waals surface area contributed by atoms with Gasteiger partial charge in [-0.2, -0.15) is 0 Å². The maximum absolute atomic E-state index is 3.77. The Labute approximate surface area is 117 Å². The van der Waals surface area contributed by atoms with E-state index in [1.807, 2.05) is 0 Å². The lowest BCUT2D eigenvalue weighted by Gasteiger charge is -2.33. The van der Waals surface area contributed by atoms with Crippen LogP contribution in [-0.4, -0.2) is 6.04 Å². The molecule has 0 aromatic heterocycles. The molecule has 19 heavy (non-hydrogen) atoms. The molecule has 0 saturated heterocycles. The molecular formula is C18H27N. The highest BCUT2D eigenvalue weighted by Gasteiger charge is 2.25. The predicted octanol–water partition coefficient (Wildman–Crippen LogP) is 4.48. The van der Waals surface area contributed by atoms with Crippen molar-refractivity contribution in [2.45, 2.75) is 64.5 Å². The zero-order valence-corrected chi connectivity index (χ0v) is 12.4. The van der Waals surface area contributed by atoms with E-state index in [0.717, 1.165) is 30.3 Å². The summed E-state index contributed by atoms with van der Waals surface area (Å²) in [5.74, 6) is 2.63. The smallest absolute Gasteiger partial charge is 0.0208 e. The maximum atomic E-state index is 3.77. The molecular weight excluding hydrogens is 230 g/mol.